The number of hydrogen-bond donors (Lipinski definition) is 1. The van der Waals surface area contributed by atoms with Crippen LogP contribution >= 0.6 is 11.6 Å². The highest BCUT2D eigenvalue weighted by Gasteiger charge is 2.31. The molecule has 164 valence electrons. The molecule has 2 aromatic heterocycles. The van der Waals surface area contributed by atoms with Crippen LogP contribution in [0.5, 0.6) is 0 Å². The first-order valence-electron chi connectivity index (χ1n) is 9.31. The van der Waals surface area contributed by atoms with E-state index in [9.17, 15) is 18.0 Å². The van der Waals surface area contributed by atoms with Crippen LogP contribution in [0.3, 0.4) is 0 Å². The summed E-state index contributed by atoms with van der Waals surface area (Å²) < 4.78 is 37.9. The molecule has 12 heteroatoms. The summed E-state index contributed by atoms with van der Waals surface area (Å²) in [6.07, 6.45) is -0.136. The van der Waals surface area contributed by atoms with Gasteiger partial charge in [0.25, 0.3) is 5.91 Å². The van der Waals surface area contributed by atoms with Crippen molar-refractivity contribution in [3.05, 3.63) is 59.1 Å². The Labute approximate surface area is 181 Å². The number of hydrogen-bond acceptors (Lipinski definition) is 6. The van der Waals surface area contributed by atoms with E-state index in [1.54, 1.807) is 30.0 Å². The topological polar surface area (TPSA) is 88.8 Å². The van der Waals surface area contributed by atoms with Crippen molar-refractivity contribution in [1.82, 2.24) is 29.9 Å². The first kappa shape index (κ1) is 22.5. The van der Waals surface area contributed by atoms with Crippen molar-refractivity contribution in [2.45, 2.75) is 26.1 Å². The molecule has 1 aromatic carbocycles. The van der Waals surface area contributed by atoms with Crippen LogP contribution in [0, 0.1) is 0 Å². The van der Waals surface area contributed by atoms with Gasteiger partial charge in [-0.2, -0.15) is 23.4 Å². The minimum absolute atomic E-state index is 0.0348. The number of amides is 1. The lowest BCUT2D eigenvalue weighted by Crippen LogP contribution is -2.42. The highest BCUT2D eigenvalue weighted by Crippen LogP contribution is 2.28. The monoisotopic (exact) mass is 453 g/mol. The Balaban J connectivity index is 1.75. The fourth-order valence-corrected chi connectivity index (χ4v) is 3.20. The van der Waals surface area contributed by atoms with Gasteiger partial charge in [0.05, 0.1) is 28.5 Å². The number of alkyl halides is 3. The van der Waals surface area contributed by atoms with Gasteiger partial charge in [0.15, 0.2) is 0 Å². The van der Waals surface area contributed by atoms with Gasteiger partial charge < -0.3 is 10.2 Å². The van der Waals surface area contributed by atoms with Crippen LogP contribution < -0.4 is 5.32 Å². The van der Waals surface area contributed by atoms with Crippen LogP contribution in [-0.4, -0.2) is 54.9 Å². The lowest BCUT2D eigenvalue weighted by molar-refractivity contribution is -0.138. The van der Waals surface area contributed by atoms with Gasteiger partial charge in [0, 0.05) is 31.5 Å². The van der Waals surface area contributed by atoms with E-state index >= 15 is 0 Å². The Morgan fingerprint density at radius 1 is 1.23 bits per heavy atom. The number of para-hydroxylation sites is 1. The average Bonchev–Trinajstić information content (AvgIpc) is 3.26. The third-order valence-corrected chi connectivity index (χ3v) is 4.81. The van der Waals surface area contributed by atoms with Gasteiger partial charge in [0.2, 0.25) is 5.95 Å². The highest BCUT2D eigenvalue weighted by molar-refractivity contribution is 6.33. The number of carbonyl (C=O) groups excluding carboxylic acids is 1. The number of nitrogens with zero attached hydrogens (tertiary/aromatic N) is 6. The predicted molar refractivity (Wildman–Crippen MR) is 108 cm³/mol. The van der Waals surface area contributed by atoms with Crippen molar-refractivity contribution >= 4 is 23.5 Å². The minimum atomic E-state index is -4.50. The number of benzene rings is 1. The maximum Gasteiger partial charge on any atom is 0.419 e. The molecule has 0 saturated carbocycles. The summed E-state index contributed by atoms with van der Waals surface area (Å²) in [5, 5.41) is 11.3. The van der Waals surface area contributed by atoms with E-state index in [1.807, 2.05) is 6.92 Å². The standard InChI is InChI=1S/C19H19ClF3N7O/c1-3-29(12(2)9-24-18-25-10-13(11-26-18)19(21,22)23)17(31)14-5-4-6-15(20)16(14)30-27-7-8-28-30/h4-8,10-12H,3,9H2,1-2H3,(H,24,25,26)/t12-/m0/s1. The molecule has 0 saturated heterocycles. The van der Waals surface area contributed by atoms with Crippen LogP contribution in [0.2, 0.25) is 5.02 Å². The Kier molecular flexibility index (Phi) is 6.74. The second-order valence-electron chi connectivity index (χ2n) is 6.57. The van der Waals surface area contributed by atoms with E-state index in [2.05, 4.69) is 25.5 Å². The van der Waals surface area contributed by atoms with Crippen LogP contribution in [-0.2, 0) is 6.18 Å². The number of rotatable bonds is 7. The molecule has 31 heavy (non-hydrogen) atoms. The molecule has 1 amide bonds. The predicted octanol–water partition coefficient (Wildman–Crippen LogP) is 3.69. The smallest absolute Gasteiger partial charge is 0.352 e. The van der Waals surface area contributed by atoms with Crippen molar-refractivity contribution in [2.75, 3.05) is 18.4 Å². The van der Waals surface area contributed by atoms with Crippen LogP contribution in [0.25, 0.3) is 5.69 Å². The Morgan fingerprint density at radius 2 is 1.87 bits per heavy atom. The molecule has 0 spiro atoms. The van der Waals surface area contributed by atoms with Crippen molar-refractivity contribution in [3.8, 4) is 5.69 Å². The van der Waals surface area contributed by atoms with Gasteiger partial charge in [-0.25, -0.2) is 9.97 Å². The van der Waals surface area contributed by atoms with Crippen LogP contribution in [0.1, 0.15) is 29.8 Å². The molecule has 0 unspecified atom stereocenters. The summed E-state index contributed by atoms with van der Waals surface area (Å²) in [7, 11) is 0. The molecule has 0 aliphatic carbocycles. The van der Waals surface area contributed by atoms with Crippen LogP contribution in [0.15, 0.2) is 43.0 Å². The molecule has 1 N–H and O–H groups in total. The molecule has 0 fully saturated rings. The van der Waals surface area contributed by atoms with Crippen molar-refractivity contribution in [2.24, 2.45) is 0 Å². The van der Waals surface area contributed by atoms with E-state index in [1.165, 1.54) is 17.2 Å². The average molecular weight is 454 g/mol. The van der Waals surface area contributed by atoms with E-state index in [0.29, 0.717) is 35.2 Å². The molecule has 1 atom stereocenters. The van der Waals surface area contributed by atoms with Crippen LogP contribution in [0.4, 0.5) is 19.1 Å². The van der Waals surface area contributed by atoms with Gasteiger partial charge in [-0.05, 0) is 26.0 Å². The van der Waals surface area contributed by atoms with Crippen molar-refractivity contribution < 1.29 is 18.0 Å². The van der Waals surface area contributed by atoms with Crippen molar-refractivity contribution in [1.29, 1.82) is 0 Å². The minimum Gasteiger partial charge on any atom is -0.352 e. The quantitative estimate of drug-likeness (QED) is 0.587. The first-order valence-corrected chi connectivity index (χ1v) is 9.69. The third kappa shape index (κ3) is 5.10. The number of carbonyl (C=O) groups is 1. The number of aromatic nitrogens is 5. The zero-order chi connectivity index (χ0) is 22.6. The van der Waals surface area contributed by atoms with Crippen molar-refractivity contribution in [3.63, 3.8) is 0 Å². The number of nitrogens with one attached hydrogen (secondary N) is 1. The lowest BCUT2D eigenvalue weighted by Gasteiger charge is -2.29. The first-order chi connectivity index (χ1) is 14.7. The maximum atomic E-state index is 13.3. The largest absolute Gasteiger partial charge is 0.419 e. The second kappa shape index (κ2) is 9.29. The van der Waals surface area contributed by atoms with Gasteiger partial charge in [0.1, 0.15) is 5.69 Å². The Hall–Kier alpha value is -3.21. The summed E-state index contributed by atoms with van der Waals surface area (Å²) in [6, 6.07) is 4.60. The molecule has 2 heterocycles. The molecular weight excluding hydrogens is 435 g/mol. The summed E-state index contributed by atoms with van der Waals surface area (Å²) in [5.41, 5.74) is -0.246. The maximum absolute atomic E-state index is 13.3. The fourth-order valence-electron chi connectivity index (χ4n) is 2.95. The van der Waals surface area contributed by atoms with E-state index in [0.717, 1.165) is 0 Å². The molecule has 3 rings (SSSR count). The zero-order valence-corrected chi connectivity index (χ0v) is 17.4. The highest BCUT2D eigenvalue weighted by atomic mass is 35.5. The third-order valence-electron chi connectivity index (χ3n) is 4.50. The second-order valence-corrected chi connectivity index (χ2v) is 6.98. The normalized spacial score (nSPS) is 12.5. The van der Waals surface area contributed by atoms with Gasteiger partial charge >= 0.3 is 6.18 Å². The van der Waals surface area contributed by atoms with Gasteiger partial charge in [-0.1, -0.05) is 17.7 Å². The summed E-state index contributed by atoms with van der Waals surface area (Å²) in [6.45, 7) is 4.23. The SMILES string of the molecule is CCN(C(=O)c1cccc(Cl)c1-n1nccn1)[C@@H](C)CNc1ncc(C(F)(F)F)cn1. The lowest BCUT2D eigenvalue weighted by atomic mass is 10.1. The van der Waals surface area contributed by atoms with Gasteiger partial charge in [-0.3, -0.25) is 4.79 Å². The number of halogens is 4. The Bertz CT molecular complexity index is 1030. The Morgan fingerprint density at radius 3 is 2.45 bits per heavy atom. The molecule has 0 radical (unpaired) electrons. The molecule has 8 nitrogen and oxygen atoms in total. The van der Waals surface area contributed by atoms with E-state index in [4.69, 9.17) is 11.6 Å². The number of likely N-dealkylation sites (N-methyl/N-ethyl adjacent to an activating group) is 1. The van der Waals surface area contributed by atoms with E-state index < -0.39 is 11.7 Å². The molecule has 0 bridgehead atoms. The number of anilines is 1. The van der Waals surface area contributed by atoms with E-state index in [-0.39, 0.29) is 24.4 Å². The molecule has 3 aromatic rings. The summed E-state index contributed by atoms with van der Waals surface area (Å²) >= 11 is 6.30. The zero-order valence-electron chi connectivity index (χ0n) is 16.6. The summed E-state index contributed by atoms with van der Waals surface area (Å²) in [4.78, 5) is 23.5. The fraction of sp³-hybridized carbons (Fsp3) is 0.316. The molecular formula is C19H19ClF3N7O. The molecule has 0 aliphatic rings. The summed E-state index contributed by atoms with van der Waals surface area (Å²) in [5.74, 6) is -0.257. The molecule has 0 aliphatic heterocycles. The van der Waals surface area contributed by atoms with Gasteiger partial charge in [-0.15, -0.1) is 4.80 Å².